The van der Waals surface area contributed by atoms with Crippen LogP contribution in [0.5, 0.6) is 11.5 Å². The molecule has 1 amide bonds. The minimum atomic E-state index is -3.33. The van der Waals surface area contributed by atoms with Crippen molar-refractivity contribution in [3.8, 4) is 11.5 Å². The Morgan fingerprint density at radius 1 is 1.08 bits per heavy atom. The predicted octanol–water partition coefficient (Wildman–Crippen LogP) is 1.90. The van der Waals surface area contributed by atoms with Gasteiger partial charge >= 0.3 is 0 Å². The molecule has 0 fully saturated rings. The molecule has 0 atom stereocenters. The number of rotatable bonds is 8. The van der Waals surface area contributed by atoms with Gasteiger partial charge in [-0.05, 0) is 36.4 Å². The number of nitrogens with zero attached hydrogens (tertiary/aromatic N) is 1. The number of carbonyl (C=O) groups excluding carboxylic acids is 1. The van der Waals surface area contributed by atoms with Gasteiger partial charge < -0.3 is 14.8 Å². The molecule has 0 radical (unpaired) electrons. The molecule has 0 saturated heterocycles. The van der Waals surface area contributed by atoms with Gasteiger partial charge in [0.2, 0.25) is 10.0 Å². The van der Waals surface area contributed by atoms with E-state index >= 15 is 0 Å². The van der Waals surface area contributed by atoms with E-state index in [2.05, 4.69) is 5.32 Å². The van der Waals surface area contributed by atoms with E-state index in [9.17, 15) is 13.2 Å². The summed E-state index contributed by atoms with van der Waals surface area (Å²) in [5.74, 6) is 0.976. The molecule has 0 unspecified atom stereocenters. The third kappa shape index (κ3) is 5.13. The fourth-order valence-corrected chi connectivity index (χ4v) is 2.68. The summed E-state index contributed by atoms with van der Waals surface area (Å²) >= 11 is 0. The van der Waals surface area contributed by atoms with Gasteiger partial charge in [0.05, 0.1) is 25.6 Å². The Morgan fingerprint density at radius 2 is 1.69 bits per heavy atom. The first kappa shape index (κ1) is 19.6. The Bertz CT molecular complexity index is 850. The topological polar surface area (TPSA) is 84.9 Å². The summed E-state index contributed by atoms with van der Waals surface area (Å²) < 4.78 is 34.9. The standard InChI is InChI=1S/C18H22N2O5S/c1-20(26(3,22)23)15-10-8-14(9-11-15)18(21)19-12-13-25-17-7-5-4-6-16(17)24-2/h4-11H,12-13H2,1-3H3,(H,19,21). The summed E-state index contributed by atoms with van der Waals surface area (Å²) in [5, 5.41) is 2.75. The van der Waals surface area contributed by atoms with E-state index in [4.69, 9.17) is 9.47 Å². The summed E-state index contributed by atoms with van der Waals surface area (Å²) in [5.41, 5.74) is 0.927. The minimum Gasteiger partial charge on any atom is -0.493 e. The van der Waals surface area contributed by atoms with Crippen molar-refractivity contribution in [2.24, 2.45) is 0 Å². The van der Waals surface area contributed by atoms with E-state index in [1.165, 1.54) is 7.05 Å². The molecule has 7 nitrogen and oxygen atoms in total. The zero-order valence-electron chi connectivity index (χ0n) is 14.9. The van der Waals surface area contributed by atoms with E-state index in [1.54, 1.807) is 43.5 Å². The molecule has 8 heteroatoms. The second kappa shape index (κ2) is 8.57. The lowest BCUT2D eigenvalue weighted by atomic mass is 10.2. The fraction of sp³-hybridized carbons (Fsp3) is 0.278. The Balaban J connectivity index is 1.86. The maximum atomic E-state index is 12.1. The first-order valence-electron chi connectivity index (χ1n) is 7.91. The quantitative estimate of drug-likeness (QED) is 0.709. The molecular formula is C18H22N2O5S. The number of sulfonamides is 1. The van der Waals surface area contributed by atoms with Gasteiger partial charge in [-0.3, -0.25) is 9.10 Å². The highest BCUT2D eigenvalue weighted by molar-refractivity contribution is 7.92. The summed E-state index contributed by atoms with van der Waals surface area (Å²) in [6.07, 6.45) is 1.12. The first-order valence-corrected chi connectivity index (χ1v) is 9.75. The van der Waals surface area contributed by atoms with Crippen LogP contribution in [0.4, 0.5) is 5.69 Å². The van der Waals surface area contributed by atoms with Crippen LogP contribution in [0.1, 0.15) is 10.4 Å². The van der Waals surface area contributed by atoms with Crippen LogP contribution in [0.2, 0.25) is 0 Å². The Morgan fingerprint density at radius 3 is 2.27 bits per heavy atom. The highest BCUT2D eigenvalue weighted by Gasteiger charge is 2.12. The molecule has 2 aromatic carbocycles. The molecule has 0 bridgehead atoms. The van der Waals surface area contributed by atoms with Crippen LogP contribution in [0.25, 0.3) is 0 Å². The molecule has 0 saturated carbocycles. The monoisotopic (exact) mass is 378 g/mol. The predicted molar refractivity (Wildman–Crippen MR) is 101 cm³/mol. The molecule has 0 spiro atoms. The van der Waals surface area contributed by atoms with E-state index < -0.39 is 10.0 Å². The minimum absolute atomic E-state index is 0.262. The molecule has 26 heavy (non-hydrogen) atoms. The number of methoxy groups -OCH3 is 1. The molecule has 0 heterocycles. The zero-order valence-corrected chi connectivity index (χ0v) is 15.7. The van der Waals surface area contributed by atoms with Crippen LogP contribution in [0.3, 0.4) is 0 Å². The van der Waals surface area contributed by atoms with Crippen molar-refractivity contribution < 1.29 is 22.7 Å². The lowest BCUT2D eigenvalue weighted by Gasteiger charge is -2.16. The number of carbonyl (C=O) groups is 1. The molecular weight excluding hydrogens is 356 g/mol. The van der Waals surface area contributed by atoms with E-state index in [0.717, 1.165) is 10.6 Å². The molecule has 1 N–H and O–H groups in total. The molecule has 0 aliphatic heterocycles. The summed E-state index contributed by atoms with van der Waals surface area (Å²) in [7, 11) is -0.310. The van der Waals surface area contributed by atoms with Crippen molar-refractivity contribution in [3.63, 3.8) is 0 Å². The lowest BCUT2D eigenvalue weighted by molar-refractivity contribution is 0.0947. The van der Waals surface area contributed by atoms with Crippen LogP contribution in [0, 0.1) is 0 Å². The summed E-state index contributed by atoms with van der Waals surface area (Å²) in [4.78, 5) is 12.1. The number of ether oxygens (including phenoxy) is 2. The smallest absolute Gasteiger partial charge is 0.251 e. The van der Waals surface area contributed by atoms with Crippen LogP contribution >= 0.6 is 0 Å². The van der Waals surface area contributed by atoms with Crippen molar-refractivity contribution in [1.82, 2.24) is 5.32 Å². The number of anilines is 1. The average molecular weight is 378 g/mol. The van der Waals surface area contributed by atoms with Crippen molar-refractivity contribution in [2.45, 2.75) is 0 Å². The third-order valence-electron chi connectivity index (χ3n) is 3.70. The van der Waals surface area contributed by atoms with Crippen molar-refractivity contribution >= 4 is 21.6 Å². The van der Waals surface area contributed by atoms with Gasteiger partial charge in [-0.1, -0.05) is 12.1 Å². The Labute approximate surface area is 153 Å². The van der Waals surface area contributed by atoms with Crippen LogP contribution in [-0.4, -0.2) is 47.9 Å². The zero-order chi connectivity index (χ0) is 19.2. The third-order valence-corrected chi connectivity index (χ3v) is 4.91. The van der Waals surface area contributed by atoms with Crippen LogP contribution in [-0.2, 0) is 10.0 Å². The van der Waals surface area contributed by atoms with Gasteiger partial charge in [0.1, 0.15) is 6.61 Å². The van der Waals surface area contributed by atoms with E-state index in [-0.39, 0.29) is 5.91 Å². The average Bonchev–Trinajstić information content (AvgIpc) is 2.64. The number of para-hydroxylation sites is 2. The van der Waals surface area contributed by atoms with Crippen molar-refractivity contribution in [1.29, 1.82) is 0 Å². The number of benzene rings is 2. The van der Waals surface area contributed by atoms with Gasteiger partial charge in [-0.25, -0.2) is 8.42 Å². The summed E-state index contributed by atoms with van der Waals surface area (Å²) in [6.45, 7) is 0.614. The largest absolute Gasteiger partial charge is 0.493 e. The Kier molecular flexibility index (Phi) is 6.46. The molecule has 0 aromatic heterocycles. The van der Waals surface area contributed by atoms with Gasteiger partial charge in [-0.2, -0.15) is 0 Å². The van der Waals surface area contributed by atoms with Crippen LogP contribution < -0.4 is 19.1 Å². The van der Waals surface area contributed by atoms with Crippen molar-refractivity contribution in [3.05, 3.63) is 54.1 Å². The van der Waals surface area contributed by atoms with Gasteiger partial charge in [-0.15, -0.1) is 0 Å². The maximum Gasteiger partial charge on any atom is 0.251 e. The number of amides is 1. The second-order valence-corrected chi connectivity index (χ2v) is 7.55. The van der Waals surface area contributed by atoms with Gasteiger partial charge in [0, 0.05) is 12.6 Å². The van der Waals surface area contributed by atoms with Gasteiger partial charge in [0.25, 0.3) is 5.91 Å². The summed E-state index contributed by atoms with van der Waals surface area (Å²) in [6, 6.07) is 13.6. The molecule has 0 aliphatic rings. The molecule has 2 aromatic rings. The fourth-order valence-electron chi connectivity index (χ4n) is 2.18. The highest BCUT2D eigenvalue weighted by Crippen LogP contribution is 2.25. The maximum absolute atomic E-state index is 12.1. The molecule has 0 aliphatic carbocycles. The van der Waals surface area contributed by atoms with E-state index in [0.29, 0.717) is 35.9 Å². The van der Waals surface area contributed by atoms with Gasteiger partial charge in [0.15, 0.2) is 11.5 Å². The Hall–Kier alpha value is -2.74. The van der Waals surface area contributed by atoms with E-state index in [1.807, 2.05) is 12.1 Å². The van der Waals surface area contributed by atoms with Crippen LogP contribution in [0.15, 0.2) is 48.5 Å². The van der Waals surface area contributed by atoms with Crippen molar-refractivity contribution in [2.75, 3.05) is 37.9 Å². The highest BCUT2D eigenvalue weighted by atomic mass is 32.2. The first-order chi connectivity index (χ1) is 12.3. The lowest BCUT2D eigenvalue weighted by Crippen LogP contribution is -2.28. The number of hydrogen-bond acceptors (Lipinski definition) is 5. The normalized spacial score (nSPS) is 10.9. The SMILES string of the molecule is COc1ccccc1OCCNC(=O)c1ccc(N(C)S(C)(=O)=O)cc1. The number of hydrogen-bond donors (Lipinski definition) is 1. The second-order valence-electron chi connectivity index (χ2n) is 5.53. The number of nitrogens with one attached hydrogen (secondary N) is 1. The molecule has 140 valence electrons. The molecule has 2 rings (SSSR count).